The Morgan fingerprint density at radius 3 is 2.74 bits per heavy atom. The Morgan fingerprint density at radius 2 is 1.96 bits per heavy atom. The van der Waals surface area contributed by atoms with Crippen molar-refractivity contribution in [3.05, 3.63) is 68.9 Å². The lowest BCUT2D eigenvalue weighted by atomic mass is 10.2. The number of H-pyrrole nitrogens is 1. The summed E-state index contributed by atoms with van der Waals surface area (Å²) in [7, 11) is 0. The molecule has 0 spiro atoms. The van der Waals surface area contributed by atoms with Gasteiger partial charge in [-0.1, -0.05) is 28.1 Å². The molecule has 0 saturated heterocycles. The molecule has 0 unspecified atom stereocenters. The normalized spacial score (nSPS) is 11.3. The SMILES string of the molecule is Fc1ccc(Br)cc1/C=N\n1c(-c2ccccc2F)n[nH]c1=S. The summed E-state index contributed by atoms with van der Waals surface area (Å²) in [5.74, 6) is -0.675. The highest BCUT2D eigenvalue weighted by molar-refractivity contribution is 9.10. The number of nitrogens with zero attached hydrogens (tertiary/aromatic N) is 3. The van der Waals surface area contributed by atoms with Crippen LogP contribution in [0.1, 0.15) is 5.56 Å². The van der Waals surface area contributed by atoms with Gasteiger partial charge < -0.3 is 0 Å². The molecule has 0 bridgehead atoms. The molecule has 0 aliphatic carbocycles. The fourth-order valence-corrected chi connectivity index (χ4v) is 2.51. The van der Waals surface area contributed by atoms with E-state index in [1.807, 2.05) is 0 Å². The number of aromatic amines is 1. The molecule has 4 nitrogen and oxygen atoms in total. The summed E-state index contributed by atoms with van der Waals surface area (Å²) in [6.07, 6.45) is 1.30. The molecule has 0 aliphatic rings. The molecule has 8 heteroatoms. The lowest BCUT2D eigenvalue weighted by Crippen LogP contribution is -1.97. The molecule has 1 heterocycles. The van der Waals surface area contributed by atoms with Crippen molar-refractivity contribution < 1.29 is 8.78 Å². The van der Waals surface area contributed by atoms with Gasteiger partial charge in [0, 0.05) is 10.0 Å². The summed E-state index contributed by atoms with van der Waals surface area (Å²) >= 11 is 8.36. The molecule has 3 aromatic rings. The maximum absolute atomic E-state index is 13.9. The first-order chi connectivity index (χ1) is 11.1. The molecule has 0 aliphatic heterocycles. The summed E-state index contributed by atoms with van der Waals surface area (Å²) < 4.78 is 29.8. The zero-order valence-corrected chi connectivity index (χ0v) is 13.9. The van der Waals surface area contributed by atoms with Crippen LogP contribution in [-0.4, -0.2) is 21.1 Å². The first kappa shape index (κ1) is 15.7. The van der Waals surface area contributed by atoms with Crippen LogP contribution in [0.4, 0.5) is 8.78 Å². The van der Waals surface area contributed by atoms with Crippen LogP contribution >= 0.6 is 28.1 Å². The van der Waals surface area contributed by atoms with E-state index >= 15 is 0 Å². The maximum Gasteiger partial charge on any atom is 0.216 e. The van der Waals surface area contributed by atoms with Crippen molar-refractivity contribution in [3.63, 3.8) is 0 Å². The Balaban J connectivity index is 2.06. The quantitative estimate of drug-likeness (QED) is 0.523. The number of benzene rings is 2. The molecule has 1 N–H and O–H groups in total. The van der Waals surface area contributed by atoms with E-state index in [-0.39, 0.29) is 21.7 Å². The van der Waals surface area contributed by atoms with Crippen LogP contribution < -0.4 is 0 Å². The third kappa shape index (κ3) is 3.27. The second-order valence-corrected chi connectivity index (χ2v) is 5.86. The van der Waals surface area contributed by atoms with Gasteiger partial charge in [-0.25, -0.2) is 13.9 Å². The number of hydrogen-bond acceptors (Lipinski definition) is 3. The summed E-state index contributed by atoms with van der Waals surface area (Å²) in [6.45, 7) is 0. The van der Waals surface area contributed by atoms with Crippen molar-refractivity contribution in [3.8, 4) is 11.4 Å². The van der Waals surface area contributed by atoms with Crippen molar-refractivity contribution in [2.75, 3.05) is 0 Å². The van der Waals surface area contributed by atoms with Gasteiger partial charge in [-0.3, -0.25) is 0 Å². The zero-order valence-electron chi connectivity index (χ0n) is 11.5. The minimum absolute atomic E-state index is 0.176. The summed E-state index contributed by atoms with van der Waals surface area (Å²) in [4.78, 5) is 0. The van der Waals surface area contributed by atoms with Crippen LogP contribution in [0.15, 0.2) is 52.0 Å². The van der Waals surface area contributed by atoms with E-state index in [1.165, 1.54) is 23.0 Å². The van der Waals surface area contributed by atoms with E-state index in [4.69, 9.17) is 12.2 Å². The predicted molar refractivity (Wildman–Crippen MR) is 89.9 cm³/mol. The molecule has 0 fully saturated rings. The molecule has 0 saturated carbocycles. The second kappa shape index (κ2) is 6.51. The molecule has 2 aromatic carbocycles. The molecule has 0 amide bonds. The largest absolute Gasteiger partial charge is 0.250 e. The van der Waals surface area contributed by atoms with Crippen LogP contribution in [0, 0.1) is 16.4 Å². The minimum atomic E-state index is -0.452. The van der Waals surface area contributed by atoms with E-state index < -0.39 is 11.6 Å². The number of rotatable bonds is 3. The first-order valence-electron chi connectivity index (χ1n) is 6.48. The standard InChI is InChI=1S/C15H9BrF2N4S/c16-10-5-6-12(17)9(7-10)8-19-22-14(20-21-15(22)23)11-3-1-2-4-13(11)18/h1-8H,(H,21,23)/b19-8-. The Bertz CT molecular complexity index is 949. The zero-order chi connectivity index (χ0) is 16.4. The van der Waals surface area contributed by atoms with E-state index in [2.05, 4.69) is 31.2 Å². The second-order valence-electron chi connectivity index (χ2n) is 4.55. The van der Waals surface area contributed by atoms with Gasteiger partial charge in [-0.2, -0.15) is 14.9 Å². The van der Waals surface area contributed by atoms with Gasteiger partial charge in [-0.05, 0) is 42.5 Å². The maximum atomic E-state index is 13.9. The molecule has 1 aromatic heterocycles. The lowest BCUT2D eigenvalue weighted by Gasteiger charge is -2.02. The molecule has 0 atom stereocenters. The highest BCUT2D eigenvalue weighted by Gasteiger charge is 2.12. The third-order valence-electron chi connectivity index (χ3n) is 3.04. The van der Waals surface area contributed by atoms with E-state index in [0.717, 1.165) is 0 Å². The molecule has 3 rings (SSSR count). The van der Waals surface area contributed by atoms with Gasteiger partial charge in [0.1, 0.15) is 11.6 Å². The Hall–Kier alpha value is -2.19. The van der Waals surface area contributed by atoms with Gasteiger partial charge >= 0.3 is 0 Å². The predicted octanol–water partition coefficient (Wildman–Crippen LogP) is 4.53. The number of nitrogens with one attached hydrogen (secondary N) is 1. The Morgan fingerprint density at radius 1 is 1.17 bits per heavy atom. The average molecular weight is 395 g/mol. The topological polar surface area (TPSA) is 46.0 Å². The molecule has 23 heavy (non-hydrogen) atoms. The van der Waals surface area contributed by atoms with Crippen LogP contribution in [0.5, 0.6) is 0 Å². The summed E-state index contributed by atoms with van der Waals surface area (Å²) in [6, 6.07) is 10.6. The molecule has 116 valence electrons. The molecular formula is C15H9BrF2N4S. The Kier molecular flexibility index (Phi) is 4.44. The van der Waals surface area contributed by atoms with E-state index in [9.17, 15) is 8.78 Å². The monoisotopic (exact) mass is 394 g/mol. The average Bonchev–Trinajstić information content (AvgIpc) is 2.89. The lowest BCUT2D eigenvalue weighted by molar-refractivity contribution is 0.624. The minimum Gasteiger partial charge on any atom is -0.250 e. The summed E-state index contributed by atoms with van der Waals surface area (Å²) in [5, 5.41) is 10.7. The van der Waals surface area contributed by atoms with E-state index in [0.29, 0.717) is 4.47 Å². The van der Waals surface area contributed by atoms with Gasteiger partial charge in [0.25, 0.3) is 0 Å². The number of hydrogen-bond donors (Lipinski definition) is 1. The van der Waals surface area contributed by atoms with Crippen LogP contribution in [0.2, 0.25) is 0 Å². The van der Waals surface area contributed by atoms with Crippen LogP contribution in [0.25, 0.3) is 11.4 Å². The highest BCUT2D eigenvalue weighted by atomic mass is 79.9. The number of halogens is 3. The van der Waals surface area contributed by atoms with Crippen LogP contribution in [-0.2, 0) is 0 Å². The van der Waals surface area contributed by atoms with Crippen LogP contribution in [0.3, 0.4) is 0 Å². The Labute approximate surface area is 143 Å². The van der Waals surface area contributed by atoms with E-state index in [1.54, 1.807) is 30.3 Å². The van der Waals surface area contributed by atoms with Crippen molar-refractivity contribution >= 4 is 34.4 Å². The fraction of sp³-hybridized carbons (Fsp3) is 0. The van der Waals surface area contributed by atoms with Crippen molar-refractivity contribution in [2.24, 2.45) is 5.10 Å². The molecule has 0 radical (unpaired) electrons. The van der Waals surface area contributed by atoms with Gasteiger partial charge in [0.15, 0.2) is 5.82 Å². The van der Waals surface area contributed by atoms with Gasteiger partial charge in [-0.15, -0.1) is 0 Å². The fourth-order valence-electron chi connectivity index (χ4n) is 1.95. The molecular weight excluding hydrogens is 386 g/mol. The number of aromatic nitrogens is 3. The summed E-state index contributed by atoms with van der Waals surface area (Å²) in [5.41, 5.74) is 0.508. The third-order valence-corrected chi connectivity index (χ3v) is 3.79. The first-order valence-corrected chi connectivity index (χ1v) is 7.68. The van der Waals surface area contributed by atoms with Crippen molar-refractivity contribution in [2.45, 2.75) is 0 Å². The highest BCUT2D eigenvalue weighted by Crippen LogP contribution is 2.21. The van der Waals surface area contributed by atoms with Crippen molar-refractivity contribution in [1.82, 2.24) is 14.9 Å². The smallest absolute Gasteiger partial charge is 0.216 e. The van der Waals surface area contributed by atoms with Crippen molar-refractivity contribution in [1.29, 1.82) is 0 Å². The van der Waals surface area contributed by atoms with Gasteiger partial charge in [0.2, 0.25) is 4.77 Å². The van der Waals surface area contributed by atoms with Gasteiger partial charge in [0.05, 0.1) is 11.8 Å².